The summed E-state index contributed by atoms with van der Waals surface area (Å²) in [4.78, 5) is 12.7. The smallest absolute Gasteiger partial charge is 0.412 e. The fourth-order valence-electron chi connectivity index (χ4n) is 2.26. The Morgan fingerprint density at radius 2 is 1.77 bits per heavy atom. The van der Waals surface area contributed by atoms with Crippen LogP contribution in [-0.4, -0.2) is 17.2 Å². The Morgan fingerprint density at radius 1 is 1.14 bits per heavy atom. The zero-order chi connectivity index (χ0) is 15.5. The Balaban J connectivity index is 1.63. The van der Waals surface area contributed by atoms with E-state index in [0.717, 1.165) is 28.6 Å². The van der Waals surface area contributed by atoms with Crippen LogP contribution in [0.5, 0.6) is 5.75 Å². The number of carboxylic acid groups (broad SMARTS) is 1. The van der Waals surface area contributed by atoms with Crippen LogP contribution >= 0.6 is 15.9 Å². The Hall–Kier alpha value is -2.01. The predicted octanol–water partition coefficient (Wildman–Crippen LogP) is 4.67. The van der Waals surface area contributed by atoms with Gasteiger partial charge in [-0.1, -0.05) is 28.1 Å². The number of anilines is 1. The first-order valence-corrected chi connectivity index (χ1v) is 7.92. The Kier molecular flexibility index (Phi) is 4.34. The van der Waals surface area contributed by atoms with Gasteiger partial charge in [-0.15, -0.1) is 0 Å². The molecule has 0 spiro atoms. The van der Waals surface area contributed by atoms with Crippen LogP contribution < -0.4 is 9.64 Å². The third kappa shape index (κ3) is 3.60. The average Bonchev–Trinajstić information content (AvgIpc) is 3.33. The van der Waals surface area contributed by atoms with Crippen LogP contribution in [0, 0.1) is 0 Å². The standard InChI is InChI=1S/C17H16BrNO3/c18-13-3-1-12(2-4-13)11-22-16-9-7-15(8-10-16)19(17(20)21)14-5-6-14/h1-4,7-10,14H,5-6,11H2,(H,20,21). The first-order chi connectivity index (χ1) is 10.6. The minimum Gasteiger partial charge on any atom is -0.489 e. The molecule has 1 saturated carbocycles. The van der Waals surface area contributed by atoms with Crippen molar-refractivity contribution in [1.29, 1.82) is 0 Å². The maximum absolute atomic E-state index is 11.3. The minimum absolute atomic E-state index is 0.132. The van der Waals surface area contributed by atoms with E-state index in [2.05, 4.69) is 15.9 Å². The second kappa shape index (κ2) is 6.40. The van der Waals surface area contributed by atoms with Crippen molar-refractivity contribution in [3.8, 4) is 5.75 Å². The van der Waals surface area contributed by atoms with E-state index in [1.165, 1.54) is 4.90 Å². The summed E-state index contributed by atoms with van der Waals surface area (Å²) in [5, 5.41) is 9.27. The summed E-state index contributed by atoms with van der Waals surface area (Å²) in [6.07, 6.45) is 0.980. The Bertz CT molecular complexity index is 651. The van der Waals surface area contributed by atoms with Crippen molar-refractivity contribution in [2.45, 2.75) is 25.5 Å². The van der Waals surface area contributed by atoms with Gasteiger partial charge in [-0.3, -0.25) is 4.90 Å². The highest BCUT2D eigenvalue weighted by molar-refractivity contribution is 9.10. The van der Waals surface area contributed by atoms with Crippen LogP contribution in [-0.2, 0) is 6.61 Å². The molecule has 0 bridgehead atoms. The molecule has 1 amide bonds. The van der Waals surface area contributed by atoms with Crippen LogP contribution in [0.25, 0.3) is 0 Å². The lowest BCUT2D eigenvalue weighted by Crippen LogP contribution is -2.31. The van der Waals surface area contributed by atoms with E-state index in [0.29, 0.717) is 12.3 Å². The topological polar surface area (TPSA) is 49.8 Å². The van der Waals surface area contributed by atoms with E-state index in [1.807, 2.05) is 36.4 Å². The number of benzene rings is 2. The molecular formula is C17H16BrNO3. The van der Waals surface area contributed by atoms with Gasteiger partial charge >= 0.3 is 6.09 Å². The van der Waals surface area contributed by atoms with Crippen molar-refractivity contribution >= 4 is 27.7 Å². The van der Waals surface area contributed by atoms with Crippen molar-refractivity contribution < 1.29 is 14.6 Å². The molecule has 1 aliphatic carbocycles. The predicted molar refractivity (Wildman–Crippen MR) is 88.4 cm³/mol. The highest BCUT2D eigenvalue weighted by Gasteiger charge is 2.33. The quantitative estimate of drug-likeness (QED) is 0.841. The van der Waals surface area contributed by atoms with Crippen LogP contribution in [0.3, 0.4) is 0 Å². The number of hydrogen-bond donors (Lipinski definition) is 1. The van der Waals surface area contributed by atoms with Gasteiger partial charge in [0.1, 0.15) is 12.4 Å². The van der Waals surface area contributed by atoms with Gasteiger partial charge in [-0.2, -0.15) is 0 Å². The molecule has 5 heteroatoms. The number of ether oxygens (including phenoxy) is 1. The molecule has 0 saturated heterocycles. The number of nitrogens with zero attached hydrogens (tertiary/aromatic N) is 1. The van der Waals surface area contributed by atoms with Gasteiger partial charge < -0.3 is 9.84 Å². The summed E-state index contributed by atoms with van der Waals surface area (Å²) in [6.45, 7) is 0.484. The van der Waals surface area contributed by atoms with E-state index in [4.69, 9.17) is 4.74 Å². The summed E-state index contributed by atoms with van der Waals surface area (Å²) in [5.41, 5.74) is 1.78. The molecule has 22 heavy (non-hydrogen) atoms. The van der Waals surface area contributed by atoms with E-state index in [-0.39, 0.29) is 6.04 Å². The van der Waals surface area contributed by atoms with Crippen LogP contribution in [0.15, 0.2) is 53.0 Å². The van der Waals surface area contributed by atoms with Gasteiger partial charge in [0, 0.05) is 16.2 Å². The maximum atomic E-state index is 11.3. The summed E-state index contributed by atoms with van der Waals surface area (Å²) >= 11 is 3.40. The number of carbonyl (C=O) groups is 1. The molecular weight excluding hydrogens is 346 g/mol. The molecule has 0 aliphatic heterocycles. The fourth-order valence-corrected chi connectivity index (χ4v) is 2.52. The molecule has 0 radical (unpaired) electrons. The monoisotopic (exact) mass is 361 g/mol. The molecule has 1 aliphatic rings. The zero-order valence-corrected chi connectivity index (χ0v) is 13.5. The van der Waals surface area contributed by atoms with Crippen molar-refractivity contribution in [3.05, 3.63) is 58.6 Å². The van der Waals surface area contributed by atoms with Gasteiger partial charge in [-0.05, 0) is 54.8 Å². The molecule has 4 nitrogen and oxygen atoms in total. The van der Waals surface area contributed by atoms with Crippen LogP contribution in [0.2, 0.25) is 0 Å². The van der Waals surface area contributed by atoms with Gasteiger partial charge in [0.05, 0.1) is 0 Å². The summed E-state index contributed by atoms with van der Waals surface area (Å²) < 4.78 is 6.76. The van der Waals surface area contributed by atoms with Gasteiger partial charge in [0.15, 0.2) is 0 Å². The molecule has 0 atom stereocenters. The molecule has 2 aromatic carbocycles. The second-order valence-electron chi connectivity index (χ2n) is 5.29. The Morgan fingerprint density at radius 3 is 2.32 bits per heavy atom. The SMILES string of the molecule is O=C(O)N(c1ccc(OCc2ccc(Br)cc2)cc1)C1CC1. The fraction of sp³-hybridized carbons (Fsp3) is 0.235. The molecule has 3 rings (SSSR count). The molecule has 1 N–H and O–H groups in total. The van der Waals surface area contributed by atoms with Crippen molar-refractivity contribution in [2.75, 3.05) is 4.90 Å². The lowest BCUT2D eigenvalue weighted by molar-refractivity contribution is 0.201. The maximum Gasteiger partial charge on any atom is 0.412 e. The van der Waals surface area contributed by atoms with Gasteiger partial charge in [0.2, 0.25) is 0 Å². The second-order valence-corrected chi connectivity index (χ2v) is 6.21. The number of hydrogen-bond acceptors (Lipinski definition) is 2. The van der Waals surface area contributed by atoms with Crippen LogP contribution in [0.1, 0.15) is 18.4 Å². The van der Waals surface area contributed by atoms with Gasteiger partial charge in [-0.25, -0.2) is 4.79 Å². The van der Waals surface area contributed by atoms with Crippen LogP contribution in [0.4, 0.5) is 10.5 Å². The van der Waals surface area contributed by atoms with Crippen molar-refractivity contribution in [1.82, 2.24) is 0 Å². The van der Waals surface area contributed by atoms with Crippen molar-refractivity contribution in [3.63, 3.8) is 0 Å². The van der Waals surface area contributed by atoms with Gasteiger partial charge in [0.25, 0.3) is 0 Å². The third-order valence-corrected chi connectivity index (χ3v) is 4.08. The van der Waals surface area contributed by atoms with E-state index in [1.54, 1.807) is 12.1 Å². The number of amides is 1. The number of halogens is 1. The first kappa shape index (κ1) is 14.9. The molecule has 0 aromatic heterocycles. The summed E-state index contributed by atoms with van der Waals surface area (Å²) in [6, 6.07) is 15.3. The first-order valence-electron chi connectivity index (χ1n) is 7.13. The number of rotatable bonds is 5. The minimum atomic E-state index is -0.897. The normalized spacial score (nSPS) is 13.7. The lowest BCUT2D eigenvalue weighted by atomic mass is 10.2. The lowest BCUT2D eigenvalue weighted by Gasteiger charge is -2.19. The van der Waals surface area contributed by atoms with E-state index >= 15 is 0 Å². The van der Waals surface area contributed by atoms with E-state index < -0.39 is 6.09 Å². The molecule has 2 aromatic rings. The summed E-state index contributed by atoms with van der Waals surface area (Å²) in [5.74, 6) is 0.729. The zero-order valence-electron chi connectivity index (χ0n) is 11.9. The largest absolute Gasteiger partial charge is 0.489 e. The average molecular weight is 362 g/mol. The summed E-state index contributed by atoms with van der Waals surface area (Å²) in [7, 11) is 0. The Labute approximate surface area is 137 Å². The van der Waals surface area contributed by atoms with Crippen molar-refractivity contribution in [2.24, 2.45) is 0 Å². The molecule has 0 heterocycles. The molecule has 114 valence electrons. The van der Waals surface area contributed by atoms with E-state index in [9.17, 15) is 9.90 Å². The highest BCUT2D eigenvalue weighted by Crippen LogP contribution is 2.32. The third-order valence-electron chi connectivity index (χ3n) is 3.55. The molecule has 0 unspecified atom stereocenters. The highest BCUT2D eigenvalue weighted by atomic mass is 79.9. The molecule has 1 fully saturated rings.